The highest BCUT2D eigenvalue weighted by atomic mass is 127. The van der Waals surface area contributed by atoms with Crippen LogP contribution in [-0.4, -0.2) is 21.5 Å². The number of anilines is 1. The molecule has 0 aliphatic heterocycles. The largest absolute Gasteiger partial charge is 0.369 e. The number of nitrogens with one attached hydrogen (secondary N) is 1. The summed E-state index contributed by atoms with van der Waals surface area (Å²) in [5, 5.41) is 3.32. The van der Waals surface area contributed by atoms with Crippen molar-refractivity contribution in [2.24, 2.45) is 0 Å². The first-order chi connectivity index (χ1) is 10.0. The van der Waals surface area contributed by atoms with Gasteiger partial charge in [0.25, 0.3) is 0 Å². The van der Waals surface area contributed by atoms with E-state index < -0.39 is 0 Å². The Bertz CT molecular complexity index is 614. The number of nitrogens with zero attached hydrogens (tertiary/aromatic N) is 3. The fourth-order valence-corrected chi connectivity index (χ4v) is 2.88. The second-order valence-corrected chi connectivity index (χ2v) is 6.12. The van der Waals surface area contributed by atoms with Gasteiger partial charge in [-0.05, 0) is 47.1 Å². The molecule has 0 aliphatic carbocycles. The summed E-state index contributed by atoms with van der Waals surface area (Å²) < 4.78 is 14.0. The molecule has 0 atom stereocenters. The molecule has 0 radical (unpaired) electrons. The summed E-state index contributed by atoms with van der Waals surface area (Å²) in [6, 6.07) is 2.98. The van der Waals surface area contributed by atoms with Crippen molar-refractivity contribution in [3.63, 3.8) is 0 Å². The van der Waals surface area contributed by atoms with E-state index in [9.17, 15) is 4.39 Å². The molecule has 2 aromatic rings. The molecule has 0 spiro atoms. The Kier molecular flexibility index (Phi) is 5.44. The molecule has 0 unspecified atom stereocenters. The van der Waals surface area contributed by atoms with E-state index in [4.69, 9.17) is 0 Å². The van der Waals surface area contributed by atoms with E-state index in [1.807, 2.05) is 0 Å². The number of hydrogen-bond acceptors (Lipinski definition) is 4. The molecular formula is C15H18FIN4. The molecule has 0 saturated carbocycles. The van der Waals surface area contributed by atoms with Gasteiger partial charge in [-0.1, -0.05) is 20.8 Å². The third kappa shape index (κ3) is 3.87. The van der Waals surface area contributed by atoms with Crippen LogP contribution in [0.15, 0.2) is 18.3 Å². The summed E-state index contributed by atoms with van der Waals surface area (Å²) in [4.78, 5) is 13.2. The van der Waals surface area contributed by atoms with Gasteiger partial charge in [-0.2, -0.15) is 0 Å². The SMILES string of the molecule is CCCNc1nc(-c2ccc(F)cn2)nc(C(C)C)c1I. The van der Waals surface area contributed by atoms with Crippen molar-refractivity contribution in [3.8, 4) is 11.5 Å². The number of rotatable bonds is 5. The van der Waals surface area contributed by atoms with Gasteiger partial charge >= 0.3 is 0 Å². The van der Waals surface area contributed by atoms with Crippen molar-refractivity contribution in [3.05, 3.63) is 33.4 Å². The molecule has 4 nitrogen and oxygen atoms in total. The summed E-state index contributed by atoms with van der Waals surface area (Å²) in [6.07, 6.45) is 2.20. The summed E-state index contributed by atoms with van der Waals surface area (Å²) in [5.41, 5.74) is 1.56. The predicted octanol–water partition coefficient (Wildman–Crippen LogP) is 4.23. The zero-order chi connectivity index (χ0) is 15.4. The normalized spacial score (nSPS) is 11.0. The van der Waals surface area contributed by atoms with Gasteiger partial charge in [-0.15, -0.1) is 0 Å². The lowest BCUT2D eigenvalue weighted by Crippen LogP contribution is -2.10. The van der Waals surface area contributed by atoms with Crippen LogP contribution in [0.5, 0.6) is 0 Å². The topological polar surface area (TPSA) is 50.7 Å². The van der Waals surface area contributed by atoms with Crippen LogP contribution in [0.2, 0.25) is 0 Å². The smallest absolute Gasteiger partial charge is 0.180 e. The lowest BCUT2D eigenvalue weighted by Gasteiger charge is -2.14. The third-order valence-electron chi connectivity index (χ3n) is 2.92. The second-order valence-electron chi connectivity index (χ2n) is 5.04. The first kappa shape index (κ1) is 16.1. The highest BCUT2D eigenvalue weighted by Crippen LogP contribution is 2.27. The van der Waals surface area contributed by atoms with Gasteiger partial charge < -0.3 is 5.32 Å². The fourth-order valence-electron chi connectivity index (χ4n) is 1.83. The maximum Gasteiger partial charge on any atom is 0.180 e. The Morgan fingerprint density at radius 2 is 2.05 bits per heavy atom. The minimum atomic E-state index is -0.363. The molecule has 0 fully saturated rings. The van der Waals surface area contributed by atoms with E-state index in [1.54, 1.807) is 6.07 Å². The van der Waals surface area contributed by atoms with Crippen molar-refractivity contribution >= 4 is 28.4 Å². The minimum Gasteiger partial charge on any atom is -0.369 e. The van der Waals surface area contributed by atoms with E-state index in [-0.39, 0.29) is 11.7 Å². The Hall–Kier alpha value is -1.31. The Morgan fingerprint density at radius 3 is 2.62 bits per heavy atom. The molecule has 0 bridgehead atoms. The third-order valence-corrected chi connectivity index (χ3v) is 3.99. The van der Waals surface area contributed by atoms with E-state index >= 15 is 0 Å². The number of halogens is 2. The van der Waals surface area contributed by atoms with Crippen LogP contribution in [0.3, 0.4) is 0 Å². The van der Waals surface area contributed by atoms with Gasteiger partial charge in [0.15, 0.2) is 5.82 Å². The summed E-state index contributed by atoms with van der Waals surface area (Å²) in [5.74, 6) is 1.26. The van der Waals surface area contributed by atoms with E-state index in [0.717, 1.165) is 28.0 Å². The van der Waals surface area contributed by atoms with Gasteiger partial charge in [-0.25, -0.2) is 19.3 Å². The summed E-state index contributed by atoms with van der Waals surface area (Å²) in [6.45, 7) is 7.14. The molecule has 0 aromatic carbocycles. The molecule has 1 N–H and O–H groups in total. The highest BCUT2D eigenvalue weighted by Gasteiger charge is 2.16. The maximum absolute atomic E-state index is 13.0. The predicted molar refractivity (Wildman–Crippen MR) is 90.8 cm³/mol. The lowest BCUT2D eigenvalue weighted by atomic mass is 10.1. The molecule has 2 aromatic heterocycles. The van der Waals surface area contributed by atoms with Gasteiger partial charge in [0.05, 0.1) is 15.5 Å². The second kappa shape index (κ2) is 7.11. The molecule has 0 aliphatic rings. The van der Waals surface area contributed by atoms with Gasteiger partial charge in [0.2, 0.25) is 0 Å². The van der Waals surface area contributed by atoms with Crippen LogP contribution in [-0.2, 0) is 0 Å². The summed E-state index contributed by atoms with van der Waals surface area (Å²) in [7, 11) is 0. The molecule has 2 rings (SSSR count). The molecule has 6 heteroatoms. The van der Waals surface area contributed by atoms with Crippen molar-refractivity contribution in [1.82, 2.24) is 15.0 Å². The van der Waals surface area contributed by atoms with Gasteiger partial charge in [0.1, 0.15) is 17.3 Å². The van der Waals surface area contributed by atoms with Crippen LogP contribution in [0, 0.1) is 9.39 Å². The average Bonchev–Trinajstić information content (AvgIpc) is 2.47. The van der Waals surface area contributed by atoms with Crippen molar-refractivity contribution in [1.29, 1.82) is 0 Å². The zero-order valence-electron chi connectivity index (χ0n) is 12.3. The van der Waals surface area contributed by atoms with Crippen LogP contribution in [0.25, 0.3) is 11.5 Å². The van der Waals surface area contributed by atoms with Crippen molar-refractivity contribution in [2.75, 3.05) is 11.9 Å². The van der Waals surface area contributed by atoms with Gasteiger partial charge in [0, 0.05) is 6.54 Å². The first-order valence-corrected chi connectivity index (χ1v) is 8.04. The number of pyridine rings is 1. The monoisotopic (exact) mass is 400 g/mol. The lowest BCUT2D eigenvalue weighted by molar-refractivity contribution is 0.621. The molecular weight excluding hydrogens is 382 g/mol. The molecule has 0 amide bonds. The van der Waals surface area contributed by atoms with Crippen LogP contribution < -0.4 is 5.32 Å². The first-order valence-electron chi connectivity index (χ1n) is 6.96. The molecule has 2 heterocycles. The standard InChI is InChI=1S/C15H18FIN4/c1-4-7-18-15-12(17)13(9(2)3)20-14(21-15)11-6-5-10(16)8-19-11/h5-6,8-9H,4,7H2,1-3H3,(H,18,20,21). The maximum atomic E-state index is 13.0. The van der Waals surface area contributed by atoms with Gasteiger partial charge in [-0.3, -0.25) is 0 Å². The van der Waals surface area contributed by atoms with E-state index in [0.29, 0.717) is 11.5 Å². The quantitative estimate of drug-likeness (QED) is 0.764. The zero-order valence-corrected chi connectivity index (χ0v) is 14.5. The molecule has 21 heavy (non-hydrogen) atoms. The molecule has 0 saturated heterocycles. The van der Waals surface area contributed by atoms with Crippen LogP contribution >= 0.6 is 22.6 Å². The number of aromatic nitrogens is 3. The Labute approximate surface area is 137 Å². The van der Waals surface area contributed by atoms with Crippen LogP contribution in [0.1, 0.15) is 38.8 Å². The average molecular weight is 400 g/mol. The Morgan fingerprint density at radius 1 is 1.29 bits per heavy atom. The minimum absolute atomic E-state index is 0.279. The fraction of sp³-hybridized carbons (Fsp3) is 0.400. The van der Waals surface area contributed by atoms with E-state index in [2.05, 4.69) is 63.6 Å². The Balaban J connectivity index is 2.50. The van der Waals surface area contributed by atoms with E-state index in [1.165, 1.54) is 12.3 Å². The molecule has 112 valence electrons. The van der Waals surface area contributed by atoms with Crippen molar-refractivity contribution < 1.29 is 4.39 Å². The van der Waals surface area contributed by atoms with Crippen LogP contribution in [0.4, 0.5) is 10.2 Å². The van der Waals surface area contributed by atoms with Crippen molar-refractivity contribution in [2.45, 2.75) is 33.1 Å². The highest BCUT2D eigenvalue weighted by molar-refractivity contribution is 14.1. The number of hydrogen-bond donors (Lipinski definition) is 1. The summed E-state index contributed by atoms with van der Waals surface area (Å²) >= 11 is 2.27.